The van der Waals surface area contributed by atoms with Crippen molar-refractivity contribution < 1.29 is 22.7 Å². The van der Waals surface area contributed by atoms with Gasteiger partial charge in [0.05, 0.1) is 17.5 Å². The molecule has 0 bridgehead atoms. The zero-order chi connectivity index (χ0) is 15.5. The molecule has 0 spiro atoms. The fraction of sp³-hybridized carbons (Fsp3) is 0.417. The highest BCUT2D eigenvalue weighted by atomic mass is 35.5. The van der Waals surface area contributed by atoms with Crippen molar-refractivity contribution in [1.29, 1.82) is 0 Å². The average Bonchev–Trinajstić information content (AvgIpc) is 2.37. The molecule has 112 valence electrons. The molecule has 0 atom stereocenters. The number of halogens is 2. The highest BCUT2D eigenvalue weighted by molar-refractivity contribution is 7.92. The van der Waals surface area contributed by atoms with Gasteiger partial charge < -0.3 is 0 Å². The van der Waals surface area contributed by atoms with Crippen molar-refractivity contribution in [2.45, 2.75) is 20.3 Å². The Bertz CT molecular complexity index is 618. The van der Waals surface area contributed by atoms with Gasteiger partial charge in [0.1, 0.15) is 0 Å². The van der Waals surface area contributed by atoms with Gasteiger partial charge in [-0.05, 0) is 31.0 Å². The summed E-state index contributed by atoms with van der Waals surface area (Å²) in [5.41, 5.74) is 0.329. The molecule has 1 aromatic rings. The van der Waals surface area contributed by atoms with E-state index in [1.54, 1.807) is 13.8 Å². The number of benzene rings is 1. The summed E-state index contributed by atoms with van der Waals surface area (Å²) in [6.07, 6.45) is 1.38. The summed E-state index contributed by atoms with van der Waals surface area (Å²) in [4.78, 5) is 14.7. The minimum atomic E-state index is -3.64. The topological polar surface area (TPSA) is 63.7 Å². The van der Waals surface area contributed by atoms with Crippen LogP contribution in [0.2, 0.25) is 5.02 Å². The fourth-order valence-corrected chi connectivity index (χ4v) is 3.29. The summed E-state index contributed by atoms with van der Waals surface area (Å²) in [5.74, 6) is -1.26. The molecule has 0 saturated heterocycles. The molecule has 0 aliphatic carbocycles. The van der Waals surface area contributed by atoms with E-state index < -0.39 is 16.0 Å². The van der Waals surface area contributed by atoms with Gasteiger partial charge in [0.25, 0.3) is 0 Å². The number of nitrogens with zero attached hydrogens (tertiary/aromatic N) is 1. The van der Waals surface area contributed by atoms with Gasteiger partial charge in [-0.3, -0.25) is 4.31 Å². The molecular weight excluding hydrogens is 309 g/mol. The van der Waals surface area contributed by atoms with Crippen LogP contribution in [0.3, 0.4) is 0 Å². The largest absolute Gasteiger partial charge is 0.381 e. The first-order valence-corrected chi connectivity index (χ1v) is 8.12. The van der Waals surface area contributed by atoms with Gasteiger partial charge in [-0.2, -0.15) is 0 Å². The molecule has 0 N–H and O–H groups in total. The molecule has 0 radical (unpaired) electrons. The van der Waals surface area contributed by atoms with Gasteiger partial charge in [0.15, 0.2) is 0 Å². The maximum absolute atomic E-state index is 12.2. The minimum Gasteiger partial charge on any atom is -0.270 e. The smallest absolute Gasteiger partial charge is 0.270 e. The van der Waals surface area contributed by atoms with Crippen LogP contribution in [0.4, 0.5) is 10.2 Å². The van der Waals surface area contributed by atoms with E-state index in [2.05, 4.69) is 4.94 Å². The number of hydrogen-bond acceptors (Lipinski definition) is 4. The summed E-state index contributed by atoms with van der Waals surface area (Å²) in [6, 6.07) is 2.65. The van der Waals surface area contributed by atoms with E-state index in [1.165, 1.54) is 12.1 Å². The van der Waals surface area contributed by atoms with Gasteiger partial charge in [-0.1, -0.05) is 18.5 Å². The van der Waals surface area contributed by atoms with Gasteiger partial charge >= 0.3 is 5.97 Å². The second kappa shape index (κ2) is 6.41. The summed E-state index contributed by atoms with van der Waals surface area (Å²) in [7, 11) is -3.64. The molecule has 0 saturated carbocycles. The minimum absolute atomic E-state index is 0.0626. The molecule has 1 rings (SSSR count). The number of hydrogen-bond donors (Lipinski definition) is 0. The van der Waals surface area contributed by atoms with Crippen molar-refractivity contribution >= 4 is 33.3 Å². The lowest BCUT2D eigenvalue weighted by Gasteiger charge is -2.25. The van der Waals surface area contributed by atoms with E-state index in [9.17, 15) is 17.7 Å². The highest BCUT2D eigenvalue weighted by Gasteiger charge is 2.27. The van der Waals surface area contributed by atoms with E-state index in [0.29, 0.717) is 17.0 Å². The number of carbonyl (C=O) groups excluding carboxylic acids is 1. The van der Waals surface area contributed by atoms with Crippen molar-refractivity contribution in [2.24, 2.45) is 0 Å². The van der Waals surface area contributed by atoms with Crippen LogP contribution in [0.5, 0.6) is 0 Å². The van der Waals surface area contributed by atoms with E-state index in [-0.39, 0.29) is 17.8 Å². The first kappa shape index (κ1) is 16.7. The normalized spacial score (nSPS) is 11.2. The van der Waals surface area contributed by atoms with Crippen molar-refractivity contribution in [3.8, 4) is 0 Å². The molecule has 0 unspecified atom stereocenters. The van der Waals surface area contributed by atoms with Crippen LogP contribution in [0, 0.1) is 0 Å². The zero-order valence-electron chi connectivity index (χ0n) is 11.3. The lowest BCUT2D eigenvalue weighted by molar-refractivity contribution is -0.0787. The van der Waals surface area contributed by atoms with Crippen LogP contribution in [0.25, 0.3) is 0 Å². The molecule has 1 aromatic carbocycles. The molecule has 0 amide bonds. The number of rotatable bonds is 5. The molecular formula is C12H15ClFNO4S. The lowest BCUT2D eigenvalue weighted by Crippen LogP contribution is -2.32. The second-order valence-electron chi connectivity index (χ2n) is 4.07. The van der Waals surface area contributed by atoms with E-state index in [4.69, 9.17) is 11.6 Å². The Balaban J connectivity index is 3.70. The Morgan fingerprint density at radius 2 is 2.00 bits per heavy atom. The SMILES string of the molecule is CCc1c(Cl)ccc(C(=O)OF)c1N(CC)S(C)(=O)=O. The van der Waals surface area contributed by atoms with Crippen LogP contribution in [0.15, 0.2) is 12.1 Å². The first-order chi connectivity index (χ1) is 9.27. The molecule has 8 heteroatoms. The van der Waals surface area contributed by atoms with E-state index in [1.807, 2.05) is 0 Å². The standard InChI is InChI=1S/C12H15ClFNO4S/c1-4-8-10(13)7-6-9(12(16)19-14)11(8)15(5-2)20(3,17)18/h6-7H,4-5H2,1-3H3. The van der Waals surface area contributed by atoms with Crippen LogP contribution < -0.4 is 4.31 Å². The van der Waals surface area contributed by atoms with Gasteiger partial charge in [-0.25, -0.2) is 18.2 Å². The number of sulfonamides is 1. The van der Waals surface area contributed by atoms with Crippen molar-refractivity contribution in [3.05, 3.63) is 28.3 Å². The molecule has 0 heterocycles. The predicted octanol–water partition coefficient (Wildman–Crippen LogP) is 2.73. The third kappa shape index (κ3) is 3.21. The van der Waals surface area contributed by atoms with Crippen molar-refractivity contribution in [2.75, 3.05) is 17.1 Å². The fourth-order valence-electron chi connectivity index (χ4n) is 2.00. The second-order valence-corrected chi connectivity index (χ2v) is 6.38. The summed E-state index contributed by atoms with van der Waals surface area (Å²) < 4.78 is 36.9. The molecule has 5 nitrogen and oxygen atoms in total. The van der Waals surface area contributed by atoms with Gasteiger partial charge in [0.2, 0.25) is 10.0 Å². The van der Waals surface area contributed by atoms with Gasteiger partial charge in [-0.15, -0.1) is 0 Å². The summed E-state index contributed by atoms with van der Waals surface area (Å²) in [5, 5.41) is 0.306. The van der Waals surface area contributed by atoms with Crippen LogP contribution >= 0.6 is 11.6 Å². The Hall–Kier alpha value is -1.34. The Kier molecular flexibility index (Phi) is 5.35. The average molecular weight is 324 g/mol. The third-order valence-corrected chi connectivity index (χ3v) is 4.40. The predicted molar refractivity (Wildman–Crippen MR) is 75.2 cm³/mol. The monoisotopic (exact) mass is 323 g/mol. The Morgan fingerprint density at radius 3 is 2.40 bits per heavy atom. The quantitative estimate of drug-likeness (QED) is 0.835. The maximum atomic E-state index is 12.2. The molecule has 20 heavy (non-hydrogen) atoms. The van der Waals surface area contributed by atoms with Crippen LogP contribution in [-0.4, -0.2) is 27.2 Å². The van der Waals surface area contributed by atoms with E-state index >= 15 is 0 Å². The first-order valence-electron chi connectivity index (χ1n) is 5.89. The molecule has 0 fully saturated rings. The van der Waals surface area contributed by atoms with Crippen molar-refractivity contribution in [1.82, 2.24) is 0 Å². The Labute approximate surface area is 122 Å². The Morgan fingerprint density at radius 1 is 1.40 bits per heavy atom. The zero-order valence-corrected chi connectivity index (χ0v) is 12.9. The number of carbonyl (C=O) groups is 1. The third-order valence-electron chi connectivity index (χ3n) is 2.81. The number of anilines is 1. The summed E-state index contributed by atoms with van der Waals surface area (Å²) in [6.45, 7) is 3.44. The van der Waals surface area contributed by atoms with Crippen LogP contribution in [0.1, 0.15) is 29.8 Å². The molecule has 0 aliphatic rings. The van der Waals surface area contributed by atoms with Crippen LogP contribution in [-0.2, 0) is 21.4 Å². The maximum Gasteiger partial charge on any atom is 0.381 e. The summed E-state index contributed by atoms with van der Waals surface area (Å²) >= 11 is 6.03. The van der Waals surface area contributed by atoms with Gasteiger partial charge in [0, 0.05) is 16.1 Å². The molecule has 0 aromatic heterocycles. The van der Waals surface area contributed by atoms with Crippen molar-refractivity contribution in [3.63, 3.8) is 0 Å². The van der Waals surface area contributed by atoms with E-state index in [0.717, 1.165) is 10.6 Å². The molecule has 0 aliphatic heterocycles. The highest BCUT2D eigenvalue weighted by Crippen LogP contribution is 2.34. The lowest BCUT2D eigenvalue weighted by atomic mass is 10.0.